The Hall–Kier alpha value is -3.19. The van der Waals surface area contributed by atoms with Gasteiger partial charge < -0.3 is 19.3 Å². The van der Waals surface area contributed by atoms with Crippen LogP contribution in [0.4, 0.5) is 5.69 Å². The number of carbonyl (C=O) groups excluding carboxylic acids is 3. The molecule has 0 N–H and O–H groups in total. The second-order valence-corrected chi connectivity index (χ2v) is 7.33. The minimum atomic E-state index is -1.03. The Balaban J connectivity index is 1.56. The van der Waals surface area contributed by atoms with Gasteiger partial charge in [-0.15, -0.1) is 0 Å². The van der Waals surface area contributed by atoms with Crippen LogP contribution in [-0.2, 0) is 19.1 Å². The molecule has 2 amide bonds. The van der Waals surface area contributed by atoms with Crippen LogP contribution in [0.3, 0.4) is 0 Å². The molecule has 2 fully saturated rings. The third-order valence-electron chi connectivity index (χ3n) is 5.34. The molecule has 2 aliphatic heterocycles. The van der Waals surface area contributed by atoms with Gasteiger partial charge in [0.05, 0.1) is 18.8 Å². The van der Waals surface area contributed by atoms with E-state index in [1.165, 1.54) is 0 Å². The summed E-state index contributed by atoms with van der Waals surface area (Å²) >= 11 is 0. The fourth-order valence-electron chi connectivity index (χ4n) is 3.74. The van der Waals surface area contributed by atoms with E-state index in [0.717, 1.165) is 6.42 Å². The van der Waals surface area contributed by atoms with Gasteiger partial charge in [-0.3, -0.25) is 9.59 Å². The lowest BCUT2D eigenvalue weighted by atomic mass is 10.1. The van der Waals surface area contributed by atoms with Gasteiger partial charge in [0.25, 0.3) is 5.91 Å². The molecule has 2 aromatic carbocycles. The zero-order valence-electron chi connectivity index (χ0n) is 16.7. The van der Waals surface area contributed by atoms with Crippen molar-refractivity contribution in [3.8, 4) is 0 Å². The predicted octanol–water partition coefficient (Wildman–Crippen LogP) is 2.57. The molecule has 2 aliphatic rings. The summed E-state index contributed by atoms with van der Waals surface area (Å²) in [6, 6.07) is 15.8. The van der Waals surface area contributed by atoms with Crippen LogP contribution in [0.25, 0.3) is 0 Å². The minimum absolute atomic E-state index is 0.0465. The van der Waals surface area contributed by atoms with Crippen LogP contribution in [0.5, 0.6) is 0 Å². The summed E-state index contributed by atoms with van der Waals surface area (Å²) in [5.74, 6) is -0.812. The van der Waals surface area contributed by atoms with Gasteiger partial charge in [-0.1, -0.05) is 36.4 Å². The molecule has 30 heavy (non-hydrogen) atoms. The number of hydrogen-bond acceptors (Lipinski definition) is 5. The molecule has 0 spiro atoms. The minimum Gasteiger partial charge on any atom is -0.444 e. The number of ether oxygens (including phenoxy) is 2. The largest absolute Gasteiger partial charge is 0.444 e. The van der Waals surface area contributed by atoms with Gasteiger partial charge in [0.15, 0.2) is 0 Å². The van der Waals surface area contributed by atoms with Crippen molar-refractivity contribution in [1.82, 2.24) is 4.90 Å². The number of hydrogen-bond donors (Lipinski definition) is 0. The third kappa shape index (κ3) is 4.36. The lowest BCUT2D eigenvalue weighted by molar-refractivity contribution is -0.145. The van der Waals surface area contributed by atoms with Crippen molar-refractivity contribution < 1.29 is 23.9 Å². The number of nitrogens with zero attached hydrogens (tertiary/aromatic N) is 2. The van der Waals surface area contributed by atoms with Gasteiger partial charge in [0.1, 0.15) is 0 Å². The number of esters is 1. The second kappa shape index (κ2) is 9.09. The van der Waals surface area contributed by atoms with Crippen LogP contribution in [-0.4, -0.2) is 55.5 Å². The lowest BCUT2D eigenvalue weighted by Gasteiger charge is -2.30. The first kappa shape index (κ1) is 20.1. The van der Waals surface area contributed by atoms with Crippen LogP contribution in [0.2, 0.25) is 0 Å². The average Bonchev–Trinajstić information content (AvgIpc) is 3.24. The van der Waals surface area contributed by atoms with E-state index in [4.69, 9.17) is 9.47 Å². The molecule has 2 aromatic rings. The van der Waals surface area contributed by atoms with Crippen molar-refractivity contribution in [1.29, 1.82) is 0 Å². The van der Waals surface area contributed by atoms with E-state index in [0.29, 0.717) is 56.1 Å². The Kier molecular flexibility index (Phi) is 6.09. The summed E-state index contributed by atoms with van der Waals surface area (Å²) in [6.07, 6.45) is 0.282. The van der Waals surface area contributed by atoms with E-state index in [2.05, 4.69) is 0 Å². The van der Waals surface area contributed by atoms with E-state index < -0.39 is 12.1 Å². The molecule has 0 bridgehead atoms. The molecule has 0 aliphatic carbocycles. The molecular weight excluding hydrogens is 384 g/mol. The highest BCUT2D eigenvalue weighted by atomic mass is 16.5. The maximum absolute atomic E-state index is 13.1. The van der Waals surface area contributed by atoms with Crippen LogP contribution < -0.4 is 4.90 Å². The molecule has 7 nitrogen and oxygen atoms in total. The summed E-state index contributed by atoms with van der Waals surface area (Å²) < 4.78 is 11.0. The molecule has 156 valence electrons. The van der Waals surface area contributed by atoms with Gasteiger partial charge in [-0.25, -0.2) is 4.79 Å². The first-order chi connectivity index (χ1) is 14.6. The molecular formula is C23H24N2O5. The summed E-state index contributed by atoms with van der Waals surface area (Å²) in [5, 5.41) is 0. The zero-order valence-corrected chi connectivity index (χ0v) is 16.7. The average molecular weight is 408 g/mol. The highest BCUT2D eigenvalue weighted by molar-refractivity contribution is 5.98. The molecule has 0 radical (unpaired) electrons. The molecule has 0 saturated carbocycles. The number of carbonyl (C=O) groups is 3. The van der Waals surface area contributed by atoms with E-state index in [9.17, 15) is 14.4 Å². The molecule has 0 unspecified atom stereocenters. The normalized spacial score (nSPS) is 17.7. The number of benzene rings is 2. The predicted molar refractivity (Wildman–Crippen MR) is 110 cm³/mol. The molecule has 7 heteroatoms. The van der Waals surface area contributed by atoms with Gasteiger partial charge in [0, 0.05) is 37.3 Å². The van der Waals surface area contributed by atoms with Crippen LogP contribution >= 0.6 is 0 Å². The summed E-state index contributed by atoms with van der Waals surface area (Å²) in [6.45, 7) is 2.50. The Morgan fingerprint density at radius 3 is 2.43 bits per heavy atom. The Labute approximate surface area is 175 Å². The van der Waals surface area contributed by atoms with Gasteiger partial charge in [0.2, 0.25) is 12.0 Å². The van der Waals surface area contributed by atoms with Crippen molar-refractivity contribution >= 4 is 23.5 Å². The zero-order chi connectivity index (χ0) is 20.9. The third-order valence-corrected chi connectivity index (χ3v) is 5.34. The number of morpholine rings is 1. The molecule has 0 aromatic heterocycles. The Morgan fingerprint density at radius 2 is 1.73 bits per heavy atom. The monoisotopic (exact) mass is 408 g/mol. The quantitative estimate of drug-likeness (QED) is 0.711. The van der Waals surface area contributed by atoms with Crippen molar-refractivity contribution in [2.24, 2.45) is 0 Å². The molecule has 2 heterocycles. The second-order valence-electron chi connectivity index (χ2n) is 7.33. The van der Waals surface area contributed by atoms with Gasteiger partial charge >= 0.3 is 5.97 Å². The maximum Gasteiger partial charge on any atom is 0.339 e. The summed E-state index contributed by atoms with van der Waals surface area (Å²) in [5.41, 5.74) is 1.60. The summed E-state index contributed by atoms with van der Waals surface area (Å²) in [4.78, 5) is 41.4. The number of amides is 2. The smallest absolute Gasteiger partial charge is 0.339 e. The fourth-order valence-corrected chi connectivity index (χ4v) is 3.74. The van der Waals surface area contributed by atoms with E-state index in [-0.39, 0.29) is 11.8 Å². The van der Waals surface area contributed by atoms with Crippen molar-refractivity contribution in [3.05, 3.63) is 65.7 Å². The topological polar surface area (TPSA) is 76.2 Å². The molecule has 4 rings (SSSR count). The SMILES string of the molecule is O=C(O[C@@H](C(=O)N1CCOCC1)c1ccccc1)c1cccc(N2CCCC2=O)c1. The lowest BCUT2D eigenvalue weighted by Crippen LogP contribution is -2.44. The van der Waals surface area contributed by atoms with Crippen molar-refractivity contribution in [3.63, 3.8) is 0 Å². The van der Waals surface area contributed by atoms with E-state index >= 15 is 0 Å². The van der Waals surface area contributed by atoms with Crippen LogP contribution in [0.15, 0.2) is 54.6 Å². The number of rotatable bonds is 5. The van der Waals surface area contributed by atoms with Crippen LogP contribution in [0.1, 0.15) is 34.9 Å². The number of anilines is 1. The highest BCUT2D eigenvalue weighted by Gasteiger charge is 2.31. The first-order valence-electron chi connectivity index (χ1n) is 10.2. The fraction of sp³-hybridized carbons (Fsp3) is 0.348. The highest BCUT2D eigenvalue weighted by Crippen LogP contribution is 2.26. The molecule has 1 atom stereocenters. The van der Waals surface area contributed by atoms with Crippen molar-refractivity contribution in [2.45, 2.75) is 18.9 Å². The van der Waals surface area contributed by atoms with Gasteiger partial charge in [-0.2, -0.15) is 0 Å². The van der Waals surface area contributed by atoms with E-state index in [1.807, 2.05) is 18.2 Å². The van der Waals surface area contributed by atoms with Gasteiger partial charge in [-0.05, 0) is 24.6 Å². The Bertz CT molecular complexity index is 924. The maximum atomic E-state index is 13.1. The first-order valence-corrected chi connectivity index (χ1v) is 10.2. The van der Waals surface area contributed by atoms with Crippen LogP contribution in [0, 0.1) is 0 Å². The standard InChI is InChI=1S/C23H24N2O5/c26-20-10-5-11-25(20)19-9-4-8-18(16-19)23(28)30-21(17-6-2-1-3-7-17)22(27)24-12-14-29-15-13-24/h1-4,6-9,16,21H,5,10-15H2/t21-/m1/s1. The van der Waals surface area contributed by atoms with E-state index in [1.54, 1.807) is 46.2 Å². The Morgan fingerprint density at radius 1 is 0.967 bits per heavy atom. The molecule has 2 saturated heterocycles. The van der Waals surface area contributed by atoms with Crippen molar-refractivity contribution in [2.75, 3.05) is 37.7 Å². The summed E-state index contributed by atoms with van der Waals surface area (Å²) in [7, 11) is 0.